The van der Waals surface area contributed by atoms with Crippen molar-refractivity contribution in [1.82, 2.24) is 29.3 Å². The Morgan fingerprint density at radius 2 is 1.48 bits per heavy atom. The van der Waals surface area contributed by atoms with Gasteiger partial charge < -0.3 is 0 Å². The van der Waals surface area contributed by atoms with Crippen LogP contribution in [0.1, 0.15) is 108 Å². The summed E-state index contributed by atoms with van der Waals surface area (Å²) in [6.07, 6.45) is 8.61. The first kappa shape index (κ1) is 25.3. The third-order valence-electron chi connectivity index (χ3n) is 6.85. The predicted octanol–water partition coefficient (Wildman–Crippen LogP) is 6.33. The third-order valence-corrected chi connectivity index (χ3v) is 6.85. The summed E-state index contributed by atoms with van der Waals surface area (Å²) in [5.74, 6) is 0.955. The van der Waals surface area contributed by atoms with E-state index in [1.54, 1.807) is 0 Å². The van der Waals surface area contributed by atoms with Crippen molar-refractivity contribution in [1.29, 1.82) is 0 Å². The molecule has 0 amide bonds. The van der Waals surface area contributed by atoms with Crippen LogP contribution in [0.2, 0.25) is 0 Å². The van der Waals surface area contributed by atoms with Crippen molar-refractivity contribution in [2.45, 2.75) is 118 Å². The largest absolute Gasteiger partial charge is 0.272 e. The van der Waals surface area contributed by atoms with Gasteiger partial charge in [0, 0.05) is 37.1 Å². The van der Waals surface area contributed by atoms with E-state index in [1.165, 1.54) is 11.1 Å². The maximum Gasteiger partial charge on any atom is 0.0681 e. The lowest BCUT2D eigenvalue weighted by molar-refractivity contribution is 0.353. The number of hydrogen-bond donors (Lipinski definition) is 0. The molecule has 3 rings (SSSR count). The van der Waals surface area contributed by atoms with Crippen LogP contribution in [0.3, 0.4) is 0 Å². The van der Waals surface area contributed by atoms with E-state index in [1.807, 2.05) is 0 Å². The lowest BCUT2D eigenvalue weighted by Gasteiger charge is -2.22. The van der Waals surface area contributed by atoms with Crippen LogP contribution in [0.25, 0.3) is 0 Å². The van der Waals surface area contributed by atoms with Gasteiger partial charge >= 0.3 is 0 Å². The van der Waals surface area contributed by atoms with Crippen LogP contribution in [-0.4, -0.2) is 29.3 Å². The van der Waals surface area contributed by atoms with Gasteiger partial charge in [0.05, 0.1) is 22.6 Å². The van der Waals surface area contributed by atoms with E-state index < -0.39 is 0 Å². The topological polar surface area (TPSA) is 53.5 Å². The Labute approximate surface area is 200 Å². The highest BCUT2D eigenvalue weighted by Crippen LogP contribution is 2.28. The molecule has 0 spiro atoms. The van der Waals surface area contributed by atoms with Crippen LogP contribution in [0, 0.1) is 13.8 Å². The van der Waals surface area contributed by atoms with Gasteiger partial charge in [-0.3, -0.25) is 14.0 Å². The Morgan fingerprint density at radius 1 is 0.818 bits per heavy atom. The zero-order valence-electron chi connectivity index (χ0n) is 22.5. The molecule has 1 atom stereocenters. The lowest BCUT2D eigenvalue weighted by Crippen LogP contribution is -2.22. The van der Waals surface area contributed by atoms with E-state index in [0.717, 1.165) is 43.0 Å². The van der Waals surface area contributed by atoms with Gasteiger partial charge in [-0.2, -0.15) is 15.3 Å². The highest BCUT2D eigenvalue weighted by molar-refractivity contribution is 5.21. The van der Waals surface area contributed by atoms with E-state index in [9.17, 15) is 0 Å². The molecule has 0 aliphatic carbocycles. The van der Waals surface area contributed by atoms with Gasteiger partial charge in [-0.25, -0.2) is 0 Å². The molecule has 1 unspecified atom stereocenters. The van der Waals surface area contributed by atoms with Crippen LogP contribution in [0.5, 0.6) is 0 Å². The second-order valence-electron chi connectivity index (χ2n) is 11.7. The van der Waals surface area contributed by atoms with Crippen LogP contribution < -0.4 is 0 Å². The van der Waals surface area contributed by atoms with Crippen molar-refractivity contribution in [2.24, 2.45) is 0 Å². The van der Waals surface area contributed by atoms with Crippen molar-refractivity contribution in [3.05, 3.63) is 52.9 Å². The van der Waals surface area contributed by atoms with E-state index in [4.69, 9.17) is 15.3 Å². The van der Waals surface area contributed by atoms with Gasteiger partial charge in [-0.15, -0.1) is 0 Å². The molecule has 3 aromatic rings. The van der Waals surface area contributed by atoms with Gasteiger partial charge in [0.25, 0.3) is 0 Å². The second-order valence-corrected chi connectivity index (χ2v) is 11.7. The fourth-order valence-corrected chi connectivity index (χ4v) is 4.37. The smallest absolute Gasteiger partial charge is 0.0681 e. The van der Waals surface area contributed by atoms with Crippen LogP contribution in [0.4, 0.5) is 0 Å². The minimum Gasteiger partial charge on any atom is -0.272 e. The summed E-state index contributed by atoms with van der Waals surface area (Å²) in [7, 11) is 0. The highest BCUT2D eigenvalue weighted by atomic mass is 15.3. The van der Waals surface area contributed by atoms with Crippen molar-refractivity contribution < 1.29 is 0 Å². The summed E-state index contributed by atoms with van der Waals surface area (Å²) >= 11 is 0. The molecule has 0 saturated heterocycles. The number of aromatic nitrogens is 6. The Balaban J connectivity index is 1.59. The predicted molar refractivity (Wildman–Crippen MR) is 136 cm³/mol. The molecule has 0 N–H and O–H groups in total. The van der Waals surface area contributed by atoms with E-state index in [2.05, 4.69) is 108 Å². The third kappa shape index (κ3) is 5.96. The van der Waals surface area contributed by atoms with E-state index in [-0.39, 0.29) is 11.0 Å². The standard InChI is InChI=1S/C27H44N6/c1-19(2)23-17-32(28-21(23)4)16-13-27(9,10)25-12-15-31(30-25)14-11-20(3)24-18-33(26(6,7)8)29-22(24)5/h12,15,17-20H,11,13-14,16H2,1-10H3. The molecular weight excluding hydrogens is 408 g/mol. The van der Waals surface area contributed by atoms with Gasteiger partial charge in [-0.1, -0.05) is 34.6 Å². The Bertz CT molecular complexity index is 1060. The average Bonchev–Trinajstić information content (AvgIpc) is 3.42. The summed E-state index contributed by atoms with van der Waals surface area (Å²) in [5.41, 5.74) is 6.12. The molecule has 0 aliphatic heterocycles. The van der Waals surface area contributed by atoms with Crippen LogP contribution in [0.15, 0.2) is 24.7 Å². The van der Waals surface area contributed by atoms with Gasteiger partial charge in [0.1, 0.15) is 0 Å². The summed E-state index contributed by atoms with van der Waals surface area (Å²) in [5, 5.41) is 14.4. The Kier molecular flexibility index (Phi) is 7.25. The van der Waals surface area contributed by atoms with E-state index in [0.29, 0.717) is 11.8 Å². The number of aryl methyl sites for hydroxylation is 4. The summed E-state index contributed by atoms with van der Waals surface area (Å²) in [6, 6.07) is 2.18. The van der Waals surface area contributed by atoms with Crippen molar-refractivity contribution in [3.8, 4) is 0 Å². The van der Waals surface area contributed by atoms with Gasteiger partial charge in [0.15, 0.2) is 0 Å². The summed E-state index contributed by atoms with van der Waals surface area (Å²) < 4.78 is 6.30. The monoisotopic (exact) mass is 452 g/mol. The van der Waals surface area contributed by atoms with Gasteiger partial charge in [-0.05, 0) is 76.5 Å². The highest BCUT2D eigenvalue weighted by Gasteiger charge is 2.24. The Morgan fingerprint density at radius 3 is 2.06 bits per heavy atom. The fraction of sp³-hybridized carbons (Fsp3) is 0.667. The van der Waals surface area contributed by atoms with Crippen LogP contribution in [-0.2, 0) is 24.0 Å². The molecule has 0 radical (unpaired) electrons. The van der Waals surface area contributed by atoms with Crippen molar-refractivity contribution in [3.63, 3.8) is 0 Å². The summed E-state index contributed by atoms with van der Waals surface area (Å²) in [6.45, 7) is 23.9. The molecule has 0 aliphatic rings. The number of rotatable bonds is 9. The normalized spacial score (nSPS) is 13.8. The van der Waals surface area contributed by atoms with Crippen molar-refractivity contribution in [2.75, 3.05) is 0 Å². The molecule has 0 saturated carbocycles. The molecule has 6 heteroatoms. The Hall–Kier alpha value is -2.37. The van der Waals surface area contributed by atoms with E-state index >= 15 is 0 Å². The average molecular weight is 453 g/mol. The molecular formula is C27H44N6. The van der Waals surface area contributed by atoms with Crippen LogP contribution >= 0.6 is 0 Å². The first-order chi connectivity index (χ1) is 15.3. The molecule has 182 valence electrons. The molecule has 3 heterocycles. The van der Waals surface area contributed by atoms with Crippen molar-refractivity contribution >= 4 is 0 Å². The van der Waals surface area contributed by atoms with Gasteiger partial charge in [0.2, 0.25) is 0 Å². The summed E-state index contributed by atoms with van der Waals surface area (Å²) in [4.78, 5) is 0. The first-order valence-corrected chi connectivity index (χ1v) is 12.4. The second kappa shape index (κ2) is 9.47. The maximum atomic E-state index is 4.94. The minimum atomic E-state index is -0.000842. The molecule has 3 aromatic heterocycles. The SMILES string of the molecule is Cc1nn(CCC(C)(C)c2ccn(CCC(C)c3cn(C(C)(C)C)nc3C)n2)cc1C(C)C. The zero-order valence-corrected chi connectivity index (χ0v) is 22.5. The number of nitrogens with zero attached hydrogens (tertiary/aromatic N) is 6. The quantitative estimate of drug-likeness (QED) is 0.381. The molecule has 0 bridgehead atoms. The molecule has 0 fully saturated rings. The number of hydrogen-bond acceptors (Lipinski definition) is 3. The molecule has 6 nitrogen and oxygen atoms in total. The first-order valence-electron chi connectivity index (χ1n) is 12.4. The molecule has 33 heavy (non-hydrogen) atoms. The maximum absolute atomic E-state index is 4.94. The molecule has 0 aromatic carbocycles. The fourth-order valence-electron chi connectivity index (χ4n) is 4.37. The minimum absolute atomic E-state index is 0.000842. The zero-order chi connectivity index (χ0) is 24.6. The lowest BCUT2D eigenvalue weighted by atomic mass is 9.86.